The molecule has 0 amide bonds. The summed E-state index contributed by atoms with van der Waals surface area (Å²) in [4.78, 5) is 8.22. The Hall–Kier alpha value is -2.70. The van der Waals surface area contributed by atoms with Crippen LogP contribution in [0.3, 0.4) is 0 Å². The molecule has 0 unspecified atom stereocenters. The summed E-state index contributed by atoms with van der Waals surface area (Å²) in [6.45, 7) is 4.81. The first kappa shape index (κ1) is 13.7. The molecule has 0 aliphatic carbocycles. The third-order valence-electron chi connectivity index (χ3n) is 2.49. The van der Waals surface area contributed by atoms with Crippen molar-refractivity contribution >= 4 is 11.9 Å². The summed E-state index contributed by atoms with van der Waals surface area (Å²) in [6.07, 6.45) is 1.69. The van der Waals surface area contributed by atoms with Crippen molar-refractivity contribution in [3.63, 3.8) is 0 Å². The number of fused-ring (bicyclic) bond motifs is 1. The maximum absolute atomic E-state index is 5.35. The van der Waals surface area contributed by atoms with Crippen LogP contribution in [0.5, 0.6) is 11.5 Å². The Balaban J connectivity index is 2.08. The number of aliphatic imine (C=N–C) groups is 2. The van der Waals surface area contributed by atoms with E-state index in [1.165, 1.54) is 0 Å². The minimum atomic E-state index is -0.0500. The zero-order valence-electron chi connectivity index (χ0n) is 11.0. The van der Waals surface area contributed by atoms with E-state index in [-0.39, 0.29) is 12.8 Å². The van der Waals surface area contributed by atoms with Gasteiger partial charge in [0.15, 0.2) is 17.5 Å². The molecule has 0 spiro atoms. The van der Waals surface area contributed by atoms with Crippen LogP contribution in [0.4, 0.5) is 0 Å². The quantitative estimate of drug-likeness (QED) is 0.417. The number of benzene rings is 1. The van der Waals surface area contributed by atoms with E-state index in [9.17, 15) is 0 Å². The van der Waals surface area contributed by atoms with Gasteiger partial charge in [0.1, 0.15) is 0 Å². The highest BCUT2D eigenvalue weighted by molar-refractivity contribution is 5.93. The zero-order chi connectivity index (χ0) is 14.4. The first-order chi connectivity index (χ1) is 9.69. The molecule has 1 aliphatic rings. The van der Waals surface area contributed by atoms with Gasteiger partial charge in [0, 0.05) is 6.54 Å². The fraction of sp³-hybridized carbons (Fsp3) is 0.231. The molecule has 106 valence electrons. The summed E-state index contributed by atoms with van der Waals surface area (Å²) < 4.78 is 10.6. The van der Waals surface area contributed by atoms with Crippen molar-refractivity contribution in [3.8, 4) is 11.5 Å². The molecule has 7 nitrogen and oxygen atoms in total. The average Bonchev–Trinajstić information content (AvgIpc) is 2.88. The van der Waals surface area contributed by atoms with Crippen molar-refractivity contribution in [1.82, 2.24) is 5.32 Å². The van der Waals surface area contributed by atoms with E-state index in [0.29, 0.717) is 19.0 Å². The predicted octanol–water partition coefficient (Wildman–Crippen LogP) is 0.320. The molecule has 5 N–H and O–H groups in total. The Kier molecular flexibility index (Phi) is 4.43. The average molecular weight is 275 g/mol. The fourth-order valence-corrected chi connectivity index (χ4v) is 1.62. The number of guanidine groups is 2. The second kappa shape index (κ2) is 6.46. The van der Waals surface area contributed by atoms with Gasteiger partial charge >= 0.3 is 0 Å². The van der Waals surface area contributed by atoms with E-state index in [1.807, 2.05) is 18.2 Å². The lowest BCUT2D eigenvalue weighted by molar-refractivity contribution is 0.174. The van der Waals surface area contributed by atoms with Crippen molar-refractivity contribution in [3.05, 3.63) is 36.4 Å². The number of hydrogen-bond acceptors (Lipinski definition) is 3. The van der Waals surface area contributed by atoms with E-state index in [1.54, 1.807) is 6.08 Å². The molecule has 2 rings (SSSR count). The lowest BCUT2D eigenvalue weighted by atomic mass is 10.2. The summed E-state index contributed by atoms with van der Waals surface area (Å²) in [7, 11) is 0. The van der Waals surface area contributed by atoms with Crippen molar-refractivity contribution in [2.24, 2.45) is 21.5 Å². The topological polar surface area (TPSA) is 107 Å². The lowest BCUT2D eigenvalue weighted by Gasteiger charge is -2.04. The Morgan fingerprint density at radius 2 is 2.15 bits per heavy atom. The Bertz CT molecular complexity index is 550. The molecule has 0 radical (unpaired) electrons. The van der Waals surface area contributed by atoms with Gasteiger partial charge in [-0.15, -0.1) is 6.58 Å². The van der Waals surface area contributed by atoms with Crippen LogP contribution in [-0.2, 0) is 6.54 Å². The van der Waals surface area contributed by atoms with E-state index in [0.717, 1.165) is 17.1 Å². The molecule has 1 aromatic rings. The molecule has 7 heteroatoms. The second-order valence-corrected chi connectivity index (χ2v) is 4.03. The third-order valence-corrected chi connectivity index (χ3v) is 2.49. The molecule has 0 aromatic heterocycles. The Labute approximate surface area is 117 Å². The normalized spacial score (nSPS) is 12.9. The van der Waals surface area contributed by atoms with Gasteiger partial charge in [0.2, 0.25) is 12.8 Å². The third kappa shape index (κ3) is 3.64. The molecule has 0 saturated heterocycles. The number of rotatable bonds is 4. The van der Waals surface area contributed by atoms with Gasteiger partial charge in [-0.05, 0) is 17.7 Å². The molecule has 0 fully saturated rings. The number of ether oxygens (including phenoxy) is 2. The smallest absolute Gasteiger partial charge is 0.231 e. The van der Waals surface area contributed by atoms with Gasteiger partial charge in [0.25, 0.3) is 0 Å². The predicted molar refractivity (Wildman–Crippen MR) is 77.7 cm³/mol. The van der Waals surface area contributed by atoms with Crippen LogP contribution in [0.1, 0.15) is 5.56 Å². The molecular weight excluding hydrogens is 258 g/mol. The monoisotopic (exact) mass is 275 g/mol. The number of nitrogens with one attached hydrogen (secondary N) is 1. The summed E-state index contributed by atoms with van der Waals surface area (Å²) in [5.74, 6) is 1.78. The second-order valence-electron chi connectivity index (χ2n) is 4.03. The summed E-state index contributed by atoms with van der Waals surface area (Å²) in [6, 6.07) is 5.65. The van der Waals surface area contributed by atoms with Gasteiger partial charge in [0.05, 0.1) is 6.54 Å². The Morgan fingerprint density at radius 3 is 2.90 bits per heavy atom. The van der Waals surface area contributed by atoms with E-state index >= 15 is 0 Å². The van der Waals surface area contributed by atoms with Gasteiger partial charge in [-0.2, -0.15) is 4.99 Å². The van der Waals surface area contributed by atoms with Crippen LogP contribution in [0.2, 0.25) is 0 Å². The molecule has 1 aliphatic heterocycles. The van der Waals surface area contributed by atoms with E-state index < -0.39 is 0 Å². The molecule has 0 atom stereocenters. The molecule has 1 aromatic carbocycles. The van der Waals surface area contributed by atoms with Gasteiger partial charge < -0.3 is 26.3 Å². The SMILES string of the molecule is C=CCNC(N=C(N)N)=NCc1ccc2c(c1)OCO2. The maximum atomic E-state index is 5.35. The van der Waals surface area contributed by atoms with Crippen molar-refractivity contribution in [2.75, 3.05) is 13.3 Å². The lowest BCUT2D eigenvalue weighted by Crippen LogP contribution is -2.29. The highest BCUT2D eigenvalue weighted by atomic mass is 16.7. The van der Waals surface area contributed by atoms with Crippen LogP contribution in [0, 0.1) is 0 Å². The van der Waals surface area contributed by atoms with Gasteiger partial charge in [-0.25, -0.2) is 4.99 Å². The van der Waals surface area contributed by atoms with Crippen LogP contribution in [-0.4, -0.2) is 25.3 Å². The van der Waals surface area contributed by atoms with Crippen molar-refractivity contribution < 1.29 is 9.47 Å². The van der Waals surface area contributed by atoms with Crippen molar-refractivity contribution in [1.29, 1.82) is 0 Å². The van der Waals surface area contributed by atoms with E-state index in [4.69, 9.17) is 20.9 Å². The molecule has 1 heterocycles. The highest BCUT2D eigenvalue weighted by Gasteiger charge is 2.12. The first-order valence-electron chi connectivity index (χ1n) is 6.06. The Morgan fingerprint density at radius 1 is 1.35 bits per heavy atom. The van der Waals surface area contributed by atoms with E-state index in [2.05, 4.69) is 21.9 Å². The molecule has 0 bridgehead atoms. The molecular formula is C13H17N5O2. The van der Waals surface area contributed by atoms with Crippen LogP contribution in [0.15, 0.2) is 40.8 Å². The summed E-state index contributed by atoms with van der Waals surface area (Å²) in [5.41, 5.74) is 11.7. The molecule has 0 saturated carbocycles. The highest BCUT2D eigenvalue weighted by Crippen LogP contribution is 2.32. The summed E-state index contributed by atoms with van der Waals surface area (Å²) >= 11 is 0. The fourth-order valence-electron chi connectivity index (χ4n) is 1.62. The maximum Gasteiger partial charge on any atom is 0.231 e. The zero-order valence-corrected chi connectivity index (χ0v) is 11.0. The number of nitrogens with zero attached hydrogens (tertiary/aromatic N) is 2. The van der Waals surface area contributed by atoms with Gasteiger partial charge in [-0.3, -0.25) is 0 Å². The molecule has 20 heavy (non-hydrogen) atoms. The minimum Gasteiger partial charge on any atom is -0.454 e. The van der Waals surface area contributed by atoms with Gasteiger partial charge in [-0.1, -0.05) is 12.1 Å². The number of hydrogen-bond donors (Lipinski definition) is 3. The standard InChI is InChI=1S/C13H17N5O2/c1-2-5-16-13(18-12(14)15)17-7-9-3-4-10-11(6-9)20-8-19-10/h2-4,6H,1,5,7-8H2,(H5,14,15,16,17,18). The van der Waals surface area contributed by atoms with Crippen LogP contribution in [0.25, 0.3) is 0 Å². The minimum absolute atomic E-state index is 0.0500. The first-order valence-corrected chi connectivity index (χ1v) is 6.06. The van der Waals surface area contributed by atoms with Crippen molar-refractivity contribution in [2.45, 2.75) is 6.54 Å². The summed E-state index contributed by atoms with van der Waals surface area (Å²) in [5, 5.41) is 2.95. The van der Waals surface area contributed by atoms with Crippen LogP contribution >= 0.6 is 0 Å². The van der Waals surface area contributed by atoms with Crippen LogP contribution < -0.4 is 26.3 Å². The largest absolute Gasteiger partial charge is 0.454 e. The number of nitrogens with two attached hydrogens (primary N) is 2.